The first-order chi connectivity index (χ1) is 7.38. The van der Waals surface area contributed by atoms with Gasteiger partial charge < -0.3 is 5.32 Å². The average Bonchev–Trinajstić information content (AvgIpc) is 2.29. The van der Waals surface area contributed by atoms with Crippen LogP contribution in [-0.2, 0) is 0 Å². The fourth-order valence-electron chi connectivity index (χ4n) is 1.68. The van der Waals surface area contributed by atoms with Gasteiger partial charge in [-0.05, 0) is 31.5 Å². The zero-order chi connectivity index (χ0) is 10.9. The fraction of sp³-hybridized carbons (Fsp3) is 0.615. The third kappa shape index (κ3) is 4.43. The summed E-state index contributed by atoms with van der Waals surface area (Å²) < 4.78 is 0. The zero-order valence-electron chi connectivity index (χ0n) is 9.87. The van der Waals surface area contributed by atoms with Gasteiger partial charge in [0.2, 0.25) is 0 Å². The molecule has 1 heterocycles. The molecule has 0 bridgehead atoms. The van der Waals surface area contributed by atoms with Gasteiger partial charge in [0.1, 0.15) is 0 Å². The van der Waals surface area contributed by atoms with Crippen molar-refractivity contribution in [2.75, 3.05) is 6.54 Å². The minimum atomic E-state index is 0.433. The molecule has 0 aliphatic carbocycles. The molecule has 0 aromatic carbocycles. The summed E-state index contributed by atoms with van der Waals surface area (Å²) in [6.07, 6.45) is 6.72. The molecule has 2 heteroatoms. The lowest BCUT2D eigenvalue weighted by molar-refractivity contribution is 0.476. The molecular weight excluding hydrogens is 184 g/mol. The molecule has 0 fully saturated rings. The van der Waals surface area contributed by atoms with Crippen molar-refractivity contribution >= 4 is 0 Å². The summed E-state index contributed by atoms with van der Waals surface area (Å²) in [5.41, 5.74) is 1.18. The molecule has 0 spiro atoms. The van der Waals surface area contributed by atoms with Crippen molar-refractivity contribution in [1.82, 2.24) is 10.3 Å². The molecule has 1 atom stereocenters. The first-order valence-electron chi connectivity index (χ1n) is 6.02. The number of unbranched alkanes of at least 4 members (excludes halogenated alkanes) is 1. The third-order valence-electron chi connectivity index (χ3n) is 2.54. The minimum absolute atomic E-state index is 0.433. The molecule has 84 valence electrons. The monoisotopic (exact) mass is 206 g/mol. The highest BCUT2D eigenvalue weighted by Crippen LogP contribution is 2.15. The lowest BCUT2D eigenvalue weighted by Gasteiger charge is -2.17. The Hall–Kier alpha value is -0.890. The maximum absolute atomic E-state index is 4.41. The van der Waals surface area contributed by atoms with E-state index < -0.39 is 0 Å². The van der Waals surface area contributed by atoms with Gasteiger partial charge in [-0.1, -0.05) is 32.8 Å². The molecule has 1 aromatic rings. The standard InChI is InChI=1S/C13H22N2/c1-3-5-10-14-12(8-4-2)13-9-6-7-11-15-13/h6-7,9,11-12,14H,3-5,8,10H2,1-2H3. The predicted molar refractivity (Wildman–Crippen MR) is 64.8 cm³/mol. The Labute approximate surface area is 93.1 Å². The SMILES string of the molecule is CCCCNC(CCC)c1ccccn1. The number of pyridine rings is 1. The highest BCUT2D eigenvalue weighted by Gasteiger charge is 2.09. The van der Waals surface area contributed by atoms with E-state index in [1.54, 1.807) is 0 Å². The maximum atomic E-state index is 4.41. The summed E-state index contributed by atoms with van der Waals surface area (Å²) in [6.45, 7) is 5.53. The Morgan fingerprint density at radius 3 is 2.73 bits per heavy atom. The lowest BCUT2D eigenvalue weighted by Crippen LogP contribution is -2.23. The van der Waals surface area contributed by atoms with Crippen LogP contribution in [0.15, 0.2) is 24.4 Å². The van der Waals surface area contributed by atoms with Crippen LogP contribution in [0.3, 0.4) is 0 Å². The van der Waals surface area contributed by atoms with E-state index >= 15 is 0 Å². The smallest absolute Gasteiger partial charge is 0.0573 e. The van der Waals surface area contributed by atoms with E-state index in [2.05, 4.69) is 36.3 Å². The first kappa shape index (κ1) is 12.2. The number of aromatic nitrogens is 1. The van der Waals surface area contributed by atoms with Crippen molar-refractivity contribution in [1.29, 1.82) is 0 Å². The lowest BCUT2D eigenvalue weighted by atomic mass is 10.1. The van der Waals surface area contributed by atoms with Crippen LogP contribution < -0.4 is 5.32 Å². The summed E-state index contributed by atoms with van der Waals surface area (Å²) >= 11 is 0. The van der Waals surface area contributed by atoms with Gasteiger partial charge in [0.05, 0.1) is 5.69 Å². The van der Waals surface area contributed by atoms with Crippen LogP contribution in [0.1, 0.15) is 51.3 Å². The fourth-order valence-corrected chi connectivity index (χ4v) is 1.68. The van der Waals surface area contributed by atoms with E-state index in [1.165, 1.54) is 31.4 Å². The van der Waals surface area contributed by atoms with E-state index in [0.717, 1.165) is 6.54 Å². The molecule has 0 amide bonds. The molecule has 15 heavy (non-hydrogen) atoms. The molecule has 1 aromatic heterocycles. The van der Waals surface area contributed by atoms with E-state index in [0.29, 0.717) is 6.04 Å². The zero-order valence-corrected chi connectivity index (χ0v) is 9.87. The maximum Gasteiger partial charge on any atom is 0.0573 e. The van der Waals surface area contributed by atoms with Gasteiger partial charge in [0.25, 0.3) is 0 Å². The van der Waals surface area contributed by atoms with Crippen LogP contribution in [0.2, 0.25) is 0 Å². The number of hydrogen-bond acceptors (Lipinski definition) is 2. The van der Waals surface area contributed by atoms with Crippen LogP contribution in [0.5, 0.6) is 0 Å². The Morgan fingerprint density at radius 1 is 1.27 bits per heavy atom. The summed E-state index contributed by atoms with van der Waals surface area (Å²) in [4.78, 5) is 4.41. The Bertz CT molecular complexity index is 246. The Morgan fingerprint density at radius 2 is 2.13 bits per heavy atom. The van der Waals surface area contributed by atoms with Crippen LogP contribution in [0, 0.1) is 0 Å². The molecule has 0 saturated carbocycles. The van der Waals surface area contributed by atoms with Gasteiger partial charge in [-0.15, -0.1) is 0 Å². The minimum Gasteiger partial charge on any atom is -0.309 e. The molecular formula is C13H22N2. The van der Waals surface area contributed by atoms with Crippen molar-refractivity contribution in [3.05, 3.63) is 30.1 Å². The first-order valence-corrected chi connectivity index (χ1v) is 6.02. The van der Waals surface area contributed by atoms with Gasteiger partial charge in [-0.25, -0.2) is 0 Å². The summed E-state index contributed by atoms with van der Waals surface area (Å²) in [6, 6.07) is 6.58. The molecule has 1 rings (SSSR count). The van der Waals surface area contributed by atoms with Crippen molar-refractivity contribution in [2.24, 2.45) is 0 Å². The molecule has 1 unspecified atom stereocenters. The van der Waals surface area contributed by atoms with Crippen LogP contribution >= 0.6 is 0 Å². The number of rotatable bonds is 7. The van der Waals surface area contributed by atoms with E-state index in [1.807, 2.05) is 12.3 Å². The third-order valence-corrected chi connectivity index (χ3v) is 2.54. The van der Waals surface area contributed by atoms with Crippen molar-refractivity contribution in [3.8, 4) is 0 Å². The van der Waals surface area contributed by atoms with Crippen molar-refractivity contribution in [3.63, 3.8) is 0 Å². The van der Waals surface area contributed by atoms with Crippen molar-refractivity contribution < 1.29 is 0 Å². The topological polar surface area (TPSA) is 24.9 Å². The molecule has 0 aliphatic heterocycles. The molecule has 0 aliphatic rings. The summed E-state index contributed by atoms with van der Waals surface area (Å²) in [7, 11) is 0. The van der Waals surface area contributed by atoms with E-state index in [4.69, 9.17) is 0 Å². The van der Waals surface area contributed by atoms with Crippen LogP contribution in [0.4, 0.5) is 0 Å². The highest BCUT2D eigenvalue weighted by molar-refractivity contribution is 5.08. The second kappa shape index (κ2) is 7.41. The second-order valence-electron chi connectivity index (χ2n) is 3.90. The van der Waals surface area contributed by atoms with E-state index in [9.17, 15) is 0 Å². The Balaban J connectivity index is 2.50. The van der Waals surface area contributed by atoms with Crippen LogP contribution in [-0.4, -0.2) is 11.5 Å². The van der Waals surface area contributed by atoms with Crippen LogP contribution in [0.25, 0.3) is 0 Å². The van der Waals surface area contributed by atoms with Gasteiger partial charge >= 0.3 is 0 Å². The number of nitrogens with zero attached hydrogens (tertiary/aromatic N) is 1. The number of nitrogens with one attached hydrogen (secondary N) is 1. The number of hydrogen-bond donors (Lipinski definition) is 1. The quantitative estimate of drug-likeness (QED) is 0.692. The summed E-state index contributed by atoms with van der Waals surface area (Å²) in [5, 5.41) is 3.58. The van der Waals surface area contributed by atoms with Gasteiger partial charge in [-0.3, -0.25) is 4.98 Å². The highest BCUT2D eigenvalue weighted by atomic mass is 14.9. The van der Waals surface area contributed by atoms with Gasteiger partial charge in [0.15, 0.2) is 0 Å². The molecule has 2 nitrogen and oxygen atoms in total. The average molecular weight is 206 g/mol. The molecule has 0 radical (unpaired) electrons. The largest absolute Gasteiger partial charge is 0.309 e. The molecule has 0 saturated heterocycles. The predicted octanol–water partition coefficient (Wildman–Crippen LogP) is 3.31. The Kier molecular flexibility index (Phi) is 6.02. The van der Waals surface area contributed by atoms with E-state index in [-0.39, 0.29) is 0 Å². The molecule has 1 N–H and O–H groups in total. The van der Waals surface area contributed by atoms with Gasteiger partial charge in [-0.2, -0.15) is 0 Å². The normalized spacial score (nSPS) is 12.7. The summed E-state index contributed by atoms with van der Waals surface area (Å²) in [5.74, 6) is 0. The van der Waals surface area contributed by atoms with Gasteiger partial charge in [0, 0.05) is 12.2 Å². The van der Waals surface area contributed by atoms with Crippen molar-refractivity contribution in [2.45, 2.75) is 45.6 Å². The second-order valence-corrected chi connectivity index (χ2v) is 3.90.